The van der Waals surface area contributed by atoms with Crippen LogP contribution in [0.4, 0.5) is 4.79 Å². The molecule has 0 aromatic rings. The van der Waals surface area contributed by atoms with Crippen molar-refractivity contribution in [1.29, 1.82) is 0 Å². The Balaban J connectivity index is 3.80. The minimum absolute atomic E-state index is 0.0621. The number of urea groups is 1. The van der Waals surface area contributed by atoms with E-state index in [4.69, 9.17) is 9.84 Å². The van der Waals surface area contributed by atoms with Crippen LogP contribution in [0.3, 0.4) is 0 Å². The van der Waals surface area contributed by atoms with Crippen LogP contribution in [0.5, 0.6) is 0 Å². The number of rotatable bonds is 10. The van der Waals surface area contributed by atoms with E-state index >= 15 is 0 Å². The maximum atomic E-state index is 11.5. The highest BCUT2D eigenvalue weighted by molar-refractivity contribution is 5.75. The second kappa shape index (κ2) is 10.4. The van der Waals surface area contributed by atoms with Crippen LogP contribution in [0.2, 0.25) is 0 Å². The van der Waals surface area contributed by atoms with E-state index in [9.17, 15) is 9.59 Å². The molecule has 0 saturated carbocycles. The Kier molecular flexibility index (Phi) is 9.52. The Bertz CT molecular complexity index is 305. The summed E-state index contributed by atoms with van der Waals surface area (Å²) < 4.78 is 5.23. The summed E-state index contributed by atoms with van der Waals surface area (Å²) in [7, 11) is 0. The van der Waals surface area contributed by atoms with Crippen molar-refractivity contribution in [2.24, 2.45) is 0 Å². The van der Waals surface area contributed by atoms with Crippen molar-refractivity contribution in [2.75, 3.05) is 19.8 Å². The number of amides is 2. The van der Waals surface area contributed by atoms with Gasteiger partial charge in [-0.05, 0) is 13.3 Å². The summed E-state index contributed by atoms with van der Waals surface area (Å²) >= 11 is 0. The first-order valence-electron chi connectivity index (χ1n) is 6.44. The summed E-state index contributed by atoms with van der Waals surface area (Å²) in [5, 5.41) is 14.0. The van der Waals surface area contributed by atoms with E-state index < -0.39 is 5.97 Å². The Morgan fingerprint density at radius 3 is 2.63 bits per heavy atom. The summed E-state index contributed by atoms with van der Waals surface area (Å²) in [5.74, 6) is -0.913. The van der Waals surface area contributed by atoms with Crippen molar-refractivity contribution < 1.29 is 19.4 Å². The smallest absolute Gasteiger partial charge is 0.315 e. The molecule has 0 bridgehead atoms. The number of hydrogen-bond donors (Lipinski definition) is 3. The molecule has 0 radical (unpaired) electrons. The standard InChI is InChI=1S/C13H24N2O4/c1-4-5-11(8-12(16)17)15-13(18)14-6-7-19-9-10(2)3/h11H,2,4-9H2,1,3H3,(H,16,17)(H2,14,15,18). The predicted octanol–water partition coefficient (Wildman–Crippen LogP) is 1.52. The monoisotopic (exact) mass is 272 g/mol. The molecule has 0 fully saturated rings. The molecule has 0 aliphatic heterocycles. The molecular weight excluding hydrogens is 248 g/mol. The number of carbonyl (C=O) groups excluding carboxylic acids is 1. The lowest BCUT2D eigenvalue weighted by molar-refractivity contribution is -0.137. The van der Waals surface area contributed by atoms with Crippen molar-refractivity contribution in [3.63, 3.8) is 0 Å². The molecule has 3 N–H and O–H groups in total. The fourth-order valence-electron chi connectivity index (χ4n) is 1.50. The number of carboxylic acid groups (broad SMARTS) is 1. The maximum Gasteiger partial charge on any atom is 0.315 e. The van der Waals surface area contributed by atoms with E-state index in [1.807, 2.05) is 13.8 Å². The summed E-state index contributed by atoms with van der Waals surface area (Å²) in [6.45, 7) is 8.76. The predicted molar refractivity (Wildman–Crippen MR) is 73.1 cm³/mol. The van der Waals surface area contributed by atoms with Crippen LogP contribution in [0.1, 0.15) is 33.1 Å². The molecule has 2 amide bonds. The second-order valence-electron chi connectivity index (χ2n) is 4.49. The molecule has 0 saturated heterocycles. The Morgan fingerprint density at radius 2 is 2.11 bits per heavy atom. The first-order chi connectivity index (χ1) is 8.95. The van der Waals surface area contributed by atoms with Gasteiger partial charge in [0.15, 0.2) is 0 Å². The molecule has 6 nitrogen and oxygen atoms in total. The summed E-state index contributed by atoms with van der Waals surface area (Å²) in [4.78, 5) is 22.1. The van der Waals surface area contributed by atoms with Gasteiger partial charge in [0.1, 0.15) is 0 Å². The van der Waals surface area contributed by atoms with Crippen molar-refractivity contribution in [3.05, 3.63) is 12.2 Å². The van der Waals surface area contributed by atoms with Crippen LogP contribution < -0.4 is 10.6 Å². The van der Waals surface area contributed by atoms with E-state index in [1.165, 1.54) is 0 Å². The summed E-state index contributed by atoms with van der Waals surface area (Å²) in [6.07, 6.45) is 1.40. The Labute approximate surface area is 114 Å². The van der Waals surface area contributed by atoms with Gasteiger partial charge in [-0.3, -0.25) is 4.79 Å². The average molecular weight is 272 g/mol. The zero-order chi connectivity index (χ0) is 14.7. The van der Waals surface area contributed by atoms with Gasteiger partial charge in [0.2, 0.25) is 0 Å². The largest absolute Gasteiger partial charge is 0.481 e. The third-order valence-corrected chi connectivity index (χ3v) is 2.27. The SMILES string of the molecule is C=C(C)COCCNC(=O)NC(CCC)CC(=O)O. The van der Waals surface area contributed by atoms with Crippen molar-refractivity contribution >= 4 is 12.0 Å². The molecule has 1 atom stereocenters. The minimum Gasteiger partial charge on any atom is -0.481 e. The molecule has 0 aromatic carbocycles. The molecule has 0 aliphatic carbocycles. The third kappa shape index (κ3) is 11.3. The van der Waals surface area contributed by atoms with Gasteiger partial charge >= 0.3 is 12.0 Å². The van der Waals surface area contributed by atoms with Gasteiger partial charge in [-0.2, -0.15) is 0 Å². The van der Waals surface area contributed by atoms with E-state index in [1.54, 1.807) is 0 Å². The number of carbonyl (C=O) groups is 2. The van der Waals surface area contributed by atoms with Crippen molar-refractivity contribution in [3.8, 4) is 0 Å². The van der Waals surface area contributed by atoms with Gasteiger partial charge in [-0.15, -0.1) is 0 Å². The lowest BCUT2D eigenvalue weighted by Gasteiger charge is -2.16. The van der Waals surface area contributed by atoms with E-state index in [0.717, 1.165) is 12.0 Å². The average Bonchev–Trinajstić information content (AvgIpc) is 2.27. The van der Waals surface area contributed by atoms with E-state index in [0.29, 0.717) is 26.2 Å². The Hall–Kier alpha value is -1.56. The summed E-state index contributed by atoms with van der Waals surface area (Å²) in [5.41, 5.74) is 0.925. The number of nitrogens with one attached hydrogen (secondary N) is 2. The Morgan fingerprint density at radius 1 is 1.42 bits per heavy atom. The van der Waals surface area contributed by atoms with Gasteiger partial charge in [0.05, 0.1) is 19.6 Å². The quantitative estimate of drug-likeness (QED) is 0.415. The van der Waals surface area contributed by atoms with E-state index in [2.05, 4.69) is 17.2 Å². The fourth-order valence-corrected chi connectivity index (χ4v) is 1.50. The number of aliphatic carboxylic acids is 1. The first kappa shape index (κ1) is 17.4. The van der Waals surface area contributed by atoms with Gasteiger partial charge in [-0.1, -0.05) is 25.5 Å². The van der Waals surface area contributed by atoms with E-state index in [-0.39, 0.29) is 18.5 Å². The highest BCUT2D eigenvalue weighted by Crippen LogP contribution is 2.01. The van der Waals surface area contributed by atoms with Crippen molar-refractivity contribution in [2.45, 2.75) is 39.2 Å². The fraction of sp³-hybridized carbons (Fsp3) is 0.692. The molecule has 0 rings (SSSR count). The first-order valence-corrected chi connectivity index (χ1v) is 6.44. The van der Waals surface area contributed by atoms with Crippen LogP contribution in [0, 0.1) is 0 Å². The van der Waals surface area contributed by atoms with Crippen LogP contribution in [0.15, 0.2) is 12.2 Å². The van der Waals surface area contributed by atoms with Crippen molar-refractivity contribution in [1.82, 2.24) is 10.6 Å². The maximum absolute atomic E-state index is 11.5. The molecule has 0 aromatic heterocycles. The topological polar surface area (TPSA) is 87.7 Å². The molecule has 110 valence electrons. The number of hydrogen-bond acceptors (Lipinski definition) is 3. The van der Waals surface area contributed by atoms with Gasteiger partial charge in [0, 0.05) is 12.6 Å². The van der Waals surface area contributed by atoms with Gasteiger partial charge in [0.25, 0.3) is 0 Å². The minimum atomic E-state index is -0.913. The van der Waals surface area contributed by atoms with Crippen LogP contribution in [-0.2, 0) is 9.53 Å². The van der Waals surface area contributed by atoms with Gasteiger partial charge < -0.3 is 20.5 Å². The molecule has 0 spiro atoms. The third-order valence-electron chi connectivity index (χ3n) is 2.27. The molecule has 0 aliphatic rings. The highest BCUT2D eigenvalue weighted by atomic mass is 16.5. The van der Waals surface area contributed by atoms with Gasteiger partial charge in [-0.25, -0.2) is 4.79 Å². The molecule has 19 heavy (non-hydrogen) atoms. The molecular formula is C13H24N2O4. The molecule has 1 unspecified atom stereocenters. The molecule has 0 heterocycles. The lowest BCUT2D eigenvalue weighted by Crippen LogP contribution is -2.44. The zero-order valence-corrected chi connectivity index (χ0v) is 11.7. The lowest BCUT2D eigenvalue weighted by atomic mass is 10.1. The normalized spacial score (nSPS) is 11.7. The van der Waals surface area contributed by atoms with Crippen LogP contribution in [0.25, 0.3) is 0 Å². The summed E-state index contributed by atoms with van der Waals surface area (Å²) in [6, 6.07) is -0.697. The van der Waals surface area contributed by atoms with Crippen LogP contribution in [-0.4, -0.2) is 42.9 Å². The molecule has 6 heteroatoms. The number of ether oxygens (including phenoxy) is 1. The number of carboxylic acids is 1. The highest BCUT2D eigenvalue weighted by Gasteiger charge is 2.14. The second-order valence-corrected chi connectivity index (χ2v) is 4.49. The zero-order valence-electron chi connectivity index (χ0n) is 11.7. The van der Waals surface area contributed by atoms with Crippen LogP contribution >= 0.6 is 0 Å².